The maximum absolute atomic E-state index is 12.3. The van der Waals surface area contributed by atoms with Gasteiger partial charge in [-0.1, -0.05) is 6.92 Å². The van der Waals surface area contributed by atoms with Crippen molar-refractivity contribution in [3.63, 3.8) is 0 Å². The predicted molar refractivity (Wildman–Crippen MR) is 57.3 cm³/mol. The van der Waals surface area contributed by atoms with Gasteiger partial charge in [-0.15, -0.1) is 0 Å². The molecule has 0 aromatic heterocycles. The molecule has 1 fully saturated rings. The van der Waals surface area contributed by atoms with Crippen molar-refractivity contribution in [2.45, 2.75) is 19.5 Å². The van der Waals surface area contributed by atoms with E-state index in [1.165, 1.54) is 12.1 Å². The van der Waals surface area contributed by atoms with Gasteiger partial charge in [0.1, 0.15) is 0 Å². The fourth-order valence-corrected chi connectivity index (χ4v) is 1.66. The van der Waals surface area contributed by atoms with Crippen LogP contribution >= 0.6 is 0 Å². The van der Waals surface area contributed by atoms with Crippen molar-refractivity contribution in [2.24, 2.45) is 11.8 Å². The Balaban J connectivity index is 2.01. The zero-order valence-corrected chi connectivity index (χ0v) is 9.21. The summed E-state index contributed by atoms with van der Waals surface area (Å²) in [6.45, 7) is 1.97. The van der Waals surface area contributed by atoms with Gasteiger partial charge in [-0.3, -0.25) is 4.79 Å². The summed E-state index contributed by atoms with van der Waals surface area (Å²) in [5.74, 6) is 0.277. The molecule has 0 spiro atoms. The van der Waals surface area contributed by atoms with E-state index in [2.05, 4.69) is 5.32 Å². The monoisotopic (exact) mass is 243 g/mol. The normalized spacial score (nSPS) is 23.3. The summed E-state index contributed by atoms with van der Waals surface area (Å²) < 4.78 is 36.9. The van der Waals surface area contributed by atoms with Gasteiger partial charge < -0.3 is 5.32 Å². The summed E-state index contributed by atoms with van der Waals surface area (Å²) in [5.41, 5.74) is -0.308. The van der Waals surface area contributed by atoms with Crippen LogP contribution in [0.3, 0.4) is 0 Å². The van der Waals surface area contributed by atoms with E-state index in [9.17, 15) is 18.0 Å². The summed E-state index contributed by atoms with van der Waals surface area (Å²) in [6.07, 6.45) is -3.49. The molecule has 1 saturated carbocycles. The topological polar surface area (TPSA) is 29.1 Å². The lowest BCUT2D eigenvalue weighted by molar-refractivity contribution is -0.137. The van der Waals surface area contributed by atoms with Gasteiger partial charge in [0.25, 0.3) is 0 Å². The van der Waals surface area contributed by atoms with Crippen LogP contribution in [0, 0.1) is 11.8 Å². The number of halogens is 3. The highest BCUT2D eigenvalue weighted by Crippen LogP contribution is 2.38. The first-order chi connectivity index (χ1) is 7.88. The Bertz CT molecular complexity index is 424. The van der Waals surface area contributed by atoms with Crippen LogP contribution in [0.25, 0.3) is 0 Å². The number of hydrogen-bond acceptors (Lipinski definition) is 1. The number of carbonyl (C=O) groups is 1. The number of hydrogen-bond donors (Lipinski definition) is 1. The second kappa shape index (κ2) is 4.05. The van der Waals surface area contributed by atoms with Crippen LogP contribution < -0.4 is 5.32 Å². The SMILES string of the molecule is C[C@@H]1C[C@@H]1C(=O)Nc1ccc(C(F)(F)F)cc1. The predicted octanol–water partition coefficient (Wildman–Crippen LogP) is 3.30. The molecule has 0 aliphatic heterocycles. The second-order valence-corrected chi connectivity index (χ2v) is 4.38. The zero-order chi connectivity index (χ0) is 12.6. The second-order valence-electron chi connectivity index (χ2n) is 4.38. The van der Waals surface area contributed by atoms with Crippen LogP contribution in [0.5, 0.6) is 0 Å². The van der Waals surface area contributed by atoms with Gasteiger partial charge in [0, 0.05) is 11.6 Å². The molecule has 2 rings (SSSR count). The van der Waals surface area contributed by atoms with Gasteiger partial charge in [0.15, 0.2) is 0 Å². The largest absolute Gasteiger partial charge is 0.416 e. The average Bonchev–Trinajstić information content (AvgIpc) is 2.95. The van der Waals surface area contributed by atoms with Crippen molar-refractivity contribution in [1.82, 2.24) is 0 Å². The lowest BCUT2D eigenvalue weighted by atomic mass is 10.2. The number of nitrogens with one attached hydrogen (secondary N) is 1. The van der Waals surface area contributed by atoms with Crippen molar-refractivity contribution >= 4 is 11.6 Å². The Morgan fingerprint density at radius 3 is 2.24 bits per heavy atom. The Labute approximate surface area is 96.8 Å². The zero-order valence-electron chi connectivity index (χ0n) is 9.21. The van der Waals surface area contributed by atoms with E-state index in [4.69, 9.17) is 0 Å². The molecule has 0 radical (unpaired) electrons. The average molecular weight is 243 g/mol. The first-order valence-corrected chi connectivity index (χ1v) is 5.36. The fourth-order valence-electron chi connectivity index (χ4n) is 1.66. The fraction of sp³-hybridized carbons (Fsp3) is 0.417. The van der Waals surface area contributed by atoms with E-state index >= 15 is 0 Å². The standard InChI is InChI=1S/C12H12F3NO/c1-7-6-10(7)11(17)16-9-4-2-8(3-5-9)12(13,14)15/h2-5,7,10H,6H2,1H3,(H,16,17)/t7-,10+/m1/s1. The van der Waals surface area contributed by atoms with Crippen LogP contribution in [0.2, 0.25) is 0 Å². The quantitative estimate of drug-likeness (QED) is 0.848. The maximum atomic E-state index is 12.3. The minimum atomic E-state index is -4.34. The molecular weight excluding hydrogens is 231 g/mol. The molecule has 1 aromatic rings. The van der Waals surface area contributed by atoms with Gasteiger partial charge in [-0.05, 0) is 36.6 Å². The third-order valence-electron chi connectivity index (χ3n) is 2.93. The summed E-state index contributed by atoms with van der Waals surface area (Å²) in [5, 5.41) is 2.61. The number of amides is 1. The highest BCUT2D eigenvalue weighted by molar-refractivity contribution is 5.94. The molecule has 1 aliphatic carbocycles. The van der Waals surface area contributed by atoms with Gasteiger partial charge >= 0.3 is 6.18 Å². The highest BCUT2D eigenvalue weighted by atomic mass is 19.4. The Hall–Kier alpha value is -1.52. The summed E-state index contributed by atoms with van der Waals surface area (Å²) in [7, 11) is 0. The van der Waals surface area contributed by atoms with E-state index in [1.807, 2.05) is 6.92 Å². The molecule has 1 aliphatic rings. The van der Waals surface area contributed by atoms with Crippen molar-refractivity contribution in [3.05, 3.63) is 29.8 Å². The smallest absolute Gasteiger partial charge is 0.326 e. The number of carbonyl (C=O) groups excluding carboxylic acids is 1. The summed E-state index contributed by atoms with van der Waals surface area (Å²) >= 11 is 0. The van der Waals surface area contributed by atoms with Crippen LogP contribution in [0.4, 0.5) is 18.9 Å². The van der Waals surface area contributed by atoms with Crippen molar-refractivity contribution in [3.8, 4) is 0 Å². The van der Waals surface area contributed by atoms with Gasteiger partial charge in [0.05, 0.1) is 5.56 Å². The van der Waals surface area contributed by atoms with Gasteiger partial charge in [-0.2, -0.15) is 13.2 Å². The molecule has 92 valence electrons. The molecule has 1 amide bonds. The summed E-state index contributed by atoms with van der Waals surface area (Å²) in [4.78, 5) is 11.5. The Morgan fingerprint density at radius 2 is 1.82 bits per heavy atom. The van der Waals surface area contributed by atoms with Crippen LogP contribution in [-0.4, -0.2) is 5.91 Å². The van der Waals surface area contributed by atoms with Crippen LogP contribution in [0.1, 0.15) is 18.9 Å². The van der Waals surface area contributed by atoms with Gasteiger partial charge in [-0.25, -0.2) is 0 Å². The molecule has 2 atom stereocenters. The Kier molecular flexibility index (Phi) is 2.85. The number of benzene rings is 1. The van der Waals surface area contributed by atoms with E-state index in [1.54, 1.807) is 0 Å². The first kappa shape index (κ1) is 12.0. The molecule has 2 nitrogen and oxygen atoms in total. The molecule has 1 N–H and O–H groups in total. The molecule has 0 unspecified atom stereocenters. The van der Waals surface area contributed by atoms with E-state index in [-0.39, 0.29) is 11.8 Å². The maximum Gasteiger partial charge on any atom is 0.416 e. The van der Waals surface area contributed by atoms with Crippen LogP contribution in [0.15, 0.2) is 24.3 Å². The van der Waals surface area contributed by atoms with E-state index < -0.39 is 11.7 Å². The molecule has 5 heteroatoms. The molecule has 1 aromatic carbocycles. The van der Waals surface area contributed by atoms with E-state index in [0.29, 0.717) is 11.6 Å². The van der Waals surface area contributed by atoms with Gasteiger partial charge in [0.2, 0.25) is 5.91 Å². The molecule has 0 saturated heterocycles. The highest BCUT2D eigenvalue weighted by Gasteiger charge is 2.39. The Morgan fingerprint density at radius 1 is 1.29 bits per heavy atom. The van der Waals surface area contributed by atoms with Crippen LogP contribution in [-0.2, 0) is 11.0 Å². The third-order valence-corrected chi connectivity index (χ3v) is 2.93. The molecular formula is C12H12F3NO. The number of anilines is 1. The lowest BCUT2D eigenvalue weighted by Crippen LogP contribution is -2.14. The summed E-state index contributed by atoms with van der Waals surface area (Å²) in [6, 6.07) is 4.47. The third kappa shape index (κ3) is 2.78. The van der Waals surface area contributed by atoms with Crippen molar-refractivity contribution in [1.29, 1.82) is 0 Å². The minimum absolute atomic E-state index is 0.0114. The lowest BCUT2D eigenvalue weighted by Gasteiger charge is -2.08. The molecule has 17 heavy (non-hydrogen) atoms. The first-order valence-electron chi connectivity index (χ1n) is 5.36. The molecule has 0 heterocycles. The minimum Gasteiger partial charge on any atom is -0.326 e. The number of alkyl halides is 3. The van der Waals surface area contributed by atoms with Crippen molar-refractivity contribution in [2.75, 3.05) is 5.32 Å². The molecule has 0 bridgehead atoms. The van der Waals surface area contributed by atoms with E-state index in [0.717, 1.165) is 18.6 Å². The van der Waals surface area contributed by atoms with Crippen molar-refractivity contribution < 1.29 is 18.0 Å². The number of rotatable bonds is 2.